The summed E-state index contributed by atoms with van der Waals surface area (Å²) < 4.78 is -0.166. The molecular formula is C26H30N2S. The lowest BCUT2D eigenvalue weighted by Crippen LogP contribution is -2.26. The first-order chi connectivity index (χ1) is 13.8. The van der Waals surface area contributed by atoms with Gasteiger partial charge in [-0.15, -0.1) is 11.8 Å². The number of benzene rings is 3. The minimum absolute atomic E-state index is 0.166. The van der Waals surface area contributed by atoms with E-state index in [-0.39, 0.29) is 4.75 Å². The Bertz CT molecular complexity index is 995. The van der Waals surface area contributed by atoms with E-state index in [4.69, 9.17) is 0 Å². The van der Waals surface area contributed by atoms with E-state index in [1.54, 1.807) is 0 Å². The van der Waals surface area contributed by atoms with Crippen molar-refractivity contribution in [1.82, 2.24) is 0 Å². The van der Waals surface area contributed by atoms with E-state index < -0.39 is 0 Å². The maximum Gasteiger partial charge on any atom is 0.0918 e. The molecule has 0 spiro atoms. The molecule has 0 unspecified atom stereocenters. The molecule has 0 bridgehead atoms. The summed E-state index contributed by atoms with van der Waals surface area (Å²) >= 11 is 2.05. The summed E-state index contributed by atoms with van der Waals surface area (Å²) in [4.78, 5) is 4.35. The van der Waals surface area contributed by atoms with Crippen LogP contribution in [0.1, 0.15) is 33.4 Å². The van der Waals surface area contributed by atoms with Crippen molar-refractivity contribution in [3.8, 4) is 0 Å². The Morgan fingerprint density at radius 1 is 0.690 bits per heavy atom. The van der Waals surface area contributed by atoms with Gasteiger partial charge in [-0.2, -0.15) is 0 Å². The van der Waals surface area contributed by atoms with Crippen LogP contribution in [0.5, 0.6) is 0 Å². The molecule has 0 fully saturated rings. The van der Waals surface area contributed by atoms with Gasteiger partial charge in [0.2, 0.25) is 0 Å². The van der Waals surface area contributed by atoms with Gasteiger partial charge in [0.25, 0.3) is 0 Å². The molecule has 0 radical (unpaired) electrons. The maximum atomic E-state index is 2.35. The number of hydrogen-bond acceptors (Lipinski definition) is 3. The molecule has 3 aromatic carbocycles. The van der Waals surface area contributed by atoms with Crippen LogP contribution in [0, 0.1) is 13.8 Å². The third-order valence-electron chi connectivity index (χ3n) is 6.05. The SMILES string of the molecule is Cc1cc(N(C)C)ccc1C1(c2ccc(N(C)C)cc2C)SCc2ccccc21. The number of aryl methyl sites for hydroxylation is 2. The predicted molar refractivity (Wildman–Crippen MR) is 129 cm³/mol. The molecule has 0 N–H and O–H groups in total. The minimum Gasteiger partial charge on any atom is -0.378 e. The number of nitrogens with zero attached hydrogens (tertiary/aromatic N) is 2. The molecule has 2 nitrogen and oxygen atoms in total. The first-order valence-electron chi connectivity index (χ1n) is 10.1. The van der Waals surface area contributed by atoms with E-state index in [1.807, 2.05) is 0 Å². The lowest BCUT2D eigenvalue weighted by atomic mass is 9.79. The number of rotatable bonds is 4. The van der Waals surface area contributed by atoms with Crippen molar-refractivity contribution < 1.29 is 0 Å². The molecule has 150 valence electrons. The lowest BCUT2D eigenvalue weighted by molar-refractivity contribution is 0.882. The van der Waals surface area contributed by atoms with Gasteiger partial charge in [0.05, 0.1) is 4.75 Å². The second kappa shape index (κ2) is 7.46. The van der Waals surface area contributed by atoms with Crippen molar-refractivity contribution in [3.05, 3.63) is 94.0 Å². The van der Waals surface area contributed by atoms with Gasteiger partial charge in [-0.05, 0) is 71.5 Å². The van der Waals surface area contributed by atoms with Crippen molar-refractivity contribution >= 4 is 23.1 Å². The van der Waals surface area contributed by atoms with Gasteiger partial charge in [0.15, 0.2) is 0 Å². The Morgan fingerprint density at radius 3 is 1.69 bits per heavy atom. The Hall–Kier alpha value is -2.39. The molecule has 1 heterocycles. The number of thioether (sulfide) groups is 1. The van der Waals surface area contributed by atoms with E-state index in [1.165, 1.54) is 44.8 Å². The maximum absolute atomic E-state index is 2.35. The molecule has 0 atom stereocenters. The Labute approximate surface area is 179 Å². The molecule has 0 saturated heterocycles. The third kappa shape index (κ3) is 3.22. The predicted octanol–water partition coefficient (Wildman–Crippen LogP) is 5.97. The second-order valence-corrected chi connectivity index (χ2v) is 9.60. The fraction of sp³-hybridized carbons (Fsp3) is 0.308. The number of fused-ring (bicyclic) bond motifs is 1. The van der Waals surface area contributed by atoms with Gasteiger partial charge in [0, 0.05) is 45.3 Å². The molecule has 0 saturated carbocycles. The Morgan fingerprint density at radius 2 is 1.21 bits per heavy atom. The molecule has 0 aliphatic carbocycles. The first kappa shape index (κ1) is 19.9. The van der Waals surface area contributed by atoms with Crippen LogP contribution in [0.3, 0.4) is 0 Å². The van der Waals surface area contributed by atoms with Crippen LogP contribution >= 0.6 is 11.8 Å². The van der Waals surface area contributed by atoms with E-state index in [9.17, 15) is 0 Å². The van der Waals surface area contributed by atoms with Crippen molar-refractivity contribution in [1.29, 1.82) is 0 Å². The topological polar surface area (TPSA) is 6.48 Å². The van der Waals surface area contributed by atoms with Gasteiger partial charge in [-0.1, -0.05) is 36.4 Å². The third-order valence-corrected chi connectivity index (χ3v) is 7.60. The lowest BCUT2D eigenvalue weighted by Gasteiger charge is -2.35. The van der Waals surface area contributed by atoms with Crippen LogP contribution in [0.25, 0.3) is 0 Å². The van der Waals surface area contributed by atoms with Crippen LogP contribution < -0.4 is 9.80 Å². The smallest absolute Gasteiger partial charge is 0.0918 e. The minimum atomic E-state index is -0.166. The molecule has 1 aliphatic heterocycles. The highest BCUT2D eigenvalue weighted by Crippen LogP contribution is 2.57. The summed E-state index contributed by atoms with van der Waals surface area (Å²) in [6, 6.07) is 22.8. The zero-order valence-electron chi connectivity index (χ0n) is 18.3. The van der Waals surface area contributed by atoms with Crippen LogP contribution in [0.15, 0.2) is 60.7 Å². The average Bonchev–Trinajstić information content (AvgIpc) is 3.08. The Kier molecular flexibility index (Phi) is 5.12. The normalized spacial score (nSPS) is 14.6. The zero-order chi connectivity index (χ0) is 20.8. The highest BCUT2D eigenvalue weighted by atomic mass is 32.2. The molecule has 29 heavy (non-hydrogen) atoms. The average molecular weight is 403 g/mol. The van der Waals surface area contributed by atoms with Gasteiger partial charge in [0.1, 0.15) is 0 Å². The van der Waals surface area contributed by atoms with Gasteiger partial charge < -0.3 is 9.80 Å². The van der Waals surface area contributed by atoms with Crippen LogP contribution in [-0.4, -0.2) is 28.2 Å². The van der Waals surface area contributed by atoms with E-state index >= 15 is 0 Å². The largest absolute Gasteiger partial charge is 0.378 e. The van der Waals surface area contributed by atoms with Crippen molar-refractivity contribution in [2.24, 2.45) is 0 Å². The first-order valence-corrected chi connectivity index (χ1v) is 11.1. The Balaban J connectivity index is 1.99. The van der Waals surface area contributed by atoms with E-state index in [2.05, 4.69) is 124 Å². The standard InChI is InChI=1S/C26H30N2S/c1-18-15-21(27(3)4)11-13-23(18)26(25-10-8-7-9-20(25)17-29-26)24-14-12-22(28(5)6)16-19(24)2/h7-16H,17H2,1-6H3. The monoisotopic (exact) mass is 402 g/mol. The van der Waals surface area contributed by atoms with Crippen molar-refractivity contribution in [2.45, 2.75) is 24.3 Å². The highest BCUT2D eigenvalue weighted by molar-refractivity contribution is 8.00. The van der Waals surface area contributed by atoms with Crippen molar-refractivity contribution in [2.75, 3.05) is 38.0 Å². The summed E-state index contributed by atoms with van der Waals surface area (Å²) in [6.07, 6.45) is 0. The summed E-state index contributed by atoms with van der Waals surface area (Å²) in [5, 5.41) is 0. The fourth-order valence-electron chi connectivity index (χ4n) is 4.49. The highest BCUT2D eigenvalue weighted by Gasteiger charge is 2.44. The quantitative estimate of drug-likeness (QED) is 0.530. The summed E-state index contributed by atoms with van der Waals surface area (Å²) in [6.45, 7) is 4.52. The van der Waals surface area contributed by atoms with Gasteiger partial charge >= 0.3 is 0 Å². The summed E-state index contributed by atoms with van der Waals surface area (Å²) in [7, 11) is 8.42. The molecule has 4 rings (SSSR count). The van der Waals surface area contributed by atoms with Crippen LogP contribution in [0.4, 0.5) is 11.4 Å². The summed E-state index contributed by atoms with van der Waals surface area (Å²) in [5.41, 5.74) is 10.9. The van der Waals surface area contributed by atoms with Gasteiger partial charge in [-0.25, -0.2) is 0 Å². The van der Waals surface area contributed by atoms with Crippen molar-refractivity contribution in [3.63, 3.8) is 0 Å². The molecule has 3 heteroatoms. The van der Waals surface area contributed by atoms with Crippen LogP contribution in [0.2, 0.25) is 0 Å². The van der Waals surface area contributed by atoms with E-state index in [0.29, 0.717) is 0 Å². The number of hydrogen-bond donors (Lipinski definition) is 0. The number of anilines is 2. The molecule has 0 amide bonds. The second-order valence-electron chi connectivity index (χ2n) is 8.41. The van der Waals surface area contributed by atoms with Gasteiger partial charge in [-0.3, -0.25) is 0 Å². The molecular weight excluding hydrogens is 372 g/mol. The molecule has 0 aromatic heterocycles. The fourth-order valence-corrected chi connectivity index (χ4v) is 6.23. The summed E-state index contributed by atoms with van der Waals surface area (Å²) in [5.74, 6) is 1.04. The van der Waals surface area contributed by atoms with Crippen LogP contribution in [-0.2, 0) is 10.5 Å². The van der Waals surface area contributed by atoms with E-state index in [0.717, 1.165) is 5.75 Å². The molecule has 1 aliphatic rings. The zero-order valence-corrected chi connectivity index (χ0v) is 19.1. The molecule has 3 aromatic rings.